The normalized spacial score (nSPS) is 15.9. The molecule has 0 aromatic rings. The highest BCUT2D eigenvalue weighted by molar-refractivity contribution is 4.90. The van der Waals surface area contributed by atoms with Crippen molar-refractivity contribution in [2.24, 2.45) is 5.41 Å². The lowest BCUT2D eigenvalue weighted by Crippen LogP contribution is -2.44. The van der Waals surface area contributed by atoms with Crippen molar-refractivity contribution in [3.05, 3.63) is 25.3 Å². The molecule has 0 aromatic heterocycles. The first-order valence-electron chi connectivity index (χ1n) is 7.37. The highest BCUT2D eigenvalue weighted by Crippen LogP contribution is 2.29. The van der Waals surface area contributed by atoms with Crippen molar-refractivity contribution in [3.8, 4) is 0 Å². The van der Waals surface area contributed by atoms with E-state index in [0.717, 1.165) is 32.2 Å². The van der Waals surface area contributed by atoms with E-state index in [4.69, 9.17) is 0 Å². The Morgan fingerprint density at radius 2 is 1.72 bits per heavy atom. The molecule has 2 heteroatoms. The van der Waals surface area contributed by atoms with Crippen molar-refractivity contribution in [1.82, 2.24) is 10.2 Å². The van der Waals surface area contributed by atoms with Crippen molar-refractivity contribution in [2.45, 2.75) is 45.6 Å². The standard InChI is InChI=1S/C16H30N2/c1-5-11-18(12-6-2)14-16(7-3,8-4)13-17-15-9-10-15/h5-6,15,17H,1-2,7-14H2,3-4H3. The van der Waals surface area contributed by atoms with Gasteiger partial charge in [-0.3, -0.25) is 4.90 Å². The van der Waals surface area contributed by atoms with Gasteiger partial charge in [0.25, 0.3) is 0 Å². The van der Waals surface area contributed by atoms with Gasteiger partial charge in [-0.25, -0.2) is 0 Å². The number of rotatable bonds is 11. The molecule has 1 fully saturated rings. The van der Waals surface area contributed by atoms with E-state index < -0.39 is 0 Å². The van der Waals surface area contributed by atoms with Crippen molar-refractivity contribution >= 4 is 0 Å². The molecule has 0 aliphatic heterocycles. The lowest BCUT2D eigenvalue weighted by atomic mass is 9.81. The molecule has 2 nitrogen and oxygen atoms in total. The van der Waals surface area contributed by atoms with Crippen LogP contribution in [0.5, 0.6) is 0 Å². The second-order valence-electron chi connectivity index (χ2n) is 5.63. The summed E-state index contributed by atoms with van der Waals surface area (Å²) in [6.45, 7) is 16.5. The number of nitrogens with zero attached hydrogens (tertiary/aromatic N) is 1. The van der Waals surface area contributed by atoms with E-state index in [9.17, 15) is 0 Å². The molecule has 0 heterocycles. The first-order valence-corrected chi connectivity index (χ1v) is 7.37. The molecule has 1 aliphatic carbocycles. The van der Waals surface area contributed by atoms with E-state index in [-0.39, 0.29) is 0 Å². The molecule has 0 amide bonds. The lowest BCUT2D eigenvalue weighted by Gasteiger charge is -2.37. The first-order chi connectivity index (χ1) is 8.69. The minimum absolute atomic E-state index is 0.397. The van der Waals surface area contributed by atoms with Gasteiger partial charge < -0.3 is 5.32 Å². The van der Waals surface area contributed by atoms with Crippen molar-refractivity contribution in [1.29, 1.82) is 0 Å². The zero-order chi connectivity index (χ0) is 13.4. The van der Waals surface area contributed by atoms with Gasteiger partial charge in [-0.15, -0.1) is 13.2 Å². The summed E-state index contributed by atoms with van der Waals surface area (Å²) in [7, 11) is 0. The van der Waals surface area contributed by atoms with Crippen LogP contribution in [0.1, 0.15) is 39.5 Å². The highest BCUT2D eigenvalue weighted by atomic mass is 15.1. The van der Waals surface area contributed by atoms with Gasteiger partial charge >= 0.3 is 0 Å². The van der Waals surface area contributed by atoms with Crippen LogP contribution in [-0.4, -0.2) is 37.1 Å². The average molecular weight is 250 g/mol. The molecule has 0 aromatic carbocycles. The van der Waals surface area contributed by atoms with Gasteiger partial charge in [0.2, 0.25) is 0 Å². The van der Waals surface area contributed by atoms with Gasteiger partial charge in [0.05, 0.1) is 0 Å². The van der Waals surface area contributed by atoms with Crippen LogP contribution in [0, 0.1) is 5.41 Å². The molecule has 0 bridgehead atoms. The van der Waals surface area contributed by atoms with Crippen LogP contribution in [0.25, 0.3) is 0 Å². The van der Waals surface area contributed by atoms with Crippen LogP contribution in [0.3, 0.4) is 0 Å². The Hall–Kier alpha value is -0.600. The van der Waals surface area contributed by atoms with Gasteiger partial charge in [0.15, 0.2) is 0 Å². The zero-order valence-electron chi connectivity index (χ0n) is 12.3. The third-order valence-corrected chi connectivity index (χ3v) is 4.18. The Bertz CT molecular complexity index is 242. The summed E-state index contributed by atoms with van der Waals surface area (Å²) in [4.78, 5) is 2.45. The quantitative estimate of drug-likeness (QED) is 0.566. The molecule has 1 rings (SSSR count). The molecule has 0 atom stereocenters. The predicted molar refractivity (Wildman–Crippen MR) is 80.9 cm³/mol. The van der Waals surface area contributed by atoms with Crippen LogP contribution in [0.2, 0.25) is 0 Å². The summed E-state index contributed by atoms with van der Waals surface area (Å²) in [5.74, 6) is 0. The van der Waals surface area contributed by atoms with Gasteiger partial charge in [0.1, 0.15) is 0 Å². The fourth-order valence-corrected chi connectivity index (χ4v) is 2.47. The summed E-state index contributed by atoms with van der Waals surface area (Å²) in [5, 5.41) is 3.71. The Kier molecular flexibility index (Phi) is 6.66. The molecule has 18 heavy (non-hydrogen) atoms. The summed E-state index contributed by atoms with van der Waals surface area (Å²) in [6.07, 6.45) is 9.18. The van der Waals surface area contributed by atoms with E-state index in [1.807, 2.05) is 12.2 Å². The Labute approximate surface area is 113 Å². The van der Waals surface area contributed by atoms with E-state index >= 15 is 0 Å². The van der Waals surface area contributed by atoms with Crippen molar-refractivity contribution in [2.75, 3.05) is 26.2 Å². The minimum atomic E-state index is 0.397. The fourth-order valence-electron chi connectivity index (χ4n) is 2.47. The van der Waals surface area contributed by atoms with Gasteiger partial charge in [-0.05, 0) is 31.1 Å². The summed E-state index contributed by atoms with van der Waals surface area (Å²) in [6, 6.07) is 0.801. The number of nitrogens with one attached hydrogen (secondary N) is 1. The molecular formula is C16H30N2. The smallest absolute Gasteiger partial charge is 0.0164 e. The van der Waals surface area contributed by atoms with Gasteiger partial charge in [-0.1, -0.05) is 26.0 Å². The molecule has 0 spiro atoms. The van der Waals surface area contributed by atoms with Crippen molar-refractivity contribution in [3.63, 3.8) is 0 Å². The van der Waals surface area contributed by atoms with Gasteiger partial charge in [-0.2, -0.15) is 0 Å². The van der Waals surface area contributed by atoms with Crippen LogP contribution in [-0.2, 0) is 0 Å². The fraction of sp³-hybridized carbons (Fsp3) is 0.750. The monoisotopic (exact) mass is 250 g/mol. The van der Waals surface area contributed by atoms with Crippen LogP contribution < -0.4 is 5.32 Å². The summed E-state index contributed by atoms with van der Waals surface area (Å²) < 4.78 is 0. The van der Waals surface area contributed by atoms with E-state index in [2.05, 4.69) is 37.2 Å². The third-order valence-electron chi connectivity index (χ3n) is 4.18. The van der Waals surface area contributed by atoms with Crippen molar-refractivity contribution < 1.29 is 0 Å². The Balaban J connectivity index is 2.55. The second kappa shape index (κ2) is 7.75. The van der Waals surface area contributed by atoms with E-state index in [1.54, 1.807) is 0 Å². The maximum absolute atomic E-state index is 3.86. The highest BCUT2D eigenvalue weighted by Gasteiger charge is 2.31. The molecule has 1 saturated carbocycles. The third kappa shape index (κ3) is 4.95. The largest absolute Gasteiger partial charge is 0.313 e. The minimum Gasteiger partial charge on any atom is -0.313 e. The molecule has 1 aliphatic rings. The van der Waals surface area contributed by atoms with Crippen LogP contribution >= 0.6 is 0 Å². The number of hydrogen-bond acceptors (Lipinski definition) is 2. The Morgan fingerprint density at radius 3 is 2.11 bits per heavy atom. The molecule has 0 unspecified atom stereocenters. The number of hydrogen-bond donors (Lipinski definition) is 1. The topological polar surface area (TPSA) is 15.3 Å². The lowest BCUT2D eigenvalue weighted by molar-refractivity contribution is 0.153. The zero-order valence-corrected chi connectivity index (χ0v) is 12.3. The van der Waals surface area contributed by atoms with E-state index in [1.165, 1.54) is 25.7 Å². The summed E-state index contributed by atoms with van der Waals surface area (Å²) in [5.41, 5.74) is 0.397. The molecular weight excluding hydrogens is 220 g/mol. The van der Waals surface area contributed by atoms with Crippen LogP contribution in [0.15, 0.2) is 25.3 Å². The van der Waals surface area contributed by atoms with Gasteiger partial charge in [0, 0.05) is 32.2 Å². The molecule has 104 valence electrons. The Morgan fingerprint density at radius 1 is 1.17 bits per heavy atom. The SMILES string of the molecule is C=CCN(CC=C)CC(CC)(CC)CNC1CC1. The van der Waals surface area contributed by atoms with Crippen LogP contribution in [0.4, 0.5) is 0 Å². The summed E-state index contributed by atoms with van der Waals surface area (Å²) >= 11 is 0. The van der Waals surface area contributed by atoms with E-state index in [0.29, 0.717) is 5.41 Å². The maximum Gasteiger partial charge on any atom is 0.0164 e. The maximum atomic E-state index is 3.86. The second-order valence-corrected chi connectivity index (χ2v) is 5.63. The molecule has 0 saturated heterocycles. The predicted octanol–water partition coefficient (Wildman–Crippen LogP) is 3.22. The first kappa shape index (κ1) is 15.5. The average Bonchev–Trinajstić information content (AvgIpc) is 3.19. The molecule has 0 radical (unpaired) electrons. The molecule has 1 N–H and O–H groups in total.